The van der Waals surface area contributed by atoms with Crippen LogP contribution in [0.25, 0.3) is 10.8 Å². The Hall–Kier alpha value is -3.82. The van der Waals surface area contributed by atoms with Gasteiger partial charge in [-0.1, -0.05) is 18.2 Å². The zero-order chi connectivity index (χ0) is 26.0. The number of aromatic hydroxyl groups is 1. The summed E-state index contributed by atoms with van der Waals surface area (Å²) in [5.74, 6) is -0.457. The average molecular weight is 502 g/mol. The summed E-state index contributed by atoms with van der Waals surface area (Å²) in [5.41, 5.74) is 1.03. The third kappa shape index (κ3) is 5.37. The fourth-order valence-corrected chi connectivity index (χ4v) is 4.11. The van der Waals surface area contributed by atoms with Crippen molar-refractivity contribution in [2.24, 2.45) is 5.92 Å². The Morgan fingerprint density at radius 2 is 1.94 bits per heavy atom. The van der Waals surface area contributed by atoms with Crippen molar-refractivity contribution in [3.05, 3.63) is 48.2 Å². The summed E-state index contributed by atoms with van der Waals surface area (Å²) in [6.45, 7) is -1.09. The Labute approximate surface area is 207 Å². The predicted molar refractivity (Wildman–Crippen MR) is 131 cm³/mol. The SMILES string of the molecule is CCOc1cc(C(CC(=O)N(C)C)n2cc3cccc(NC(=O)C4CC4)c3c2O)ccc1OC(F)F. The minimum atomic E-state index is -3.02. The van der Waals surface area contributed by atoms with Gasteiger partial charge in [0, 0.05) is 31.6 Å². The molecule has 1 aromatic heterocycles. The standard InChI is InChI=1S/C26H29F2N3O5/c1-4-35-21-12-16(10-11-20(21)36-26(27)28)19(13-22(32)30(2)3)31-14-17-6-5-7-18(23(17)25(31)34)29-24(33)15-8-9-15/h5-7,10-12,14-15,19,26,34H,4,8-9,13H2,1-3H3,(H,29,33). The fourth-order valence-electron chi connectivity index (χ4n) is 4.11. The third-order valence-electron chi connectivity index (χ3n) is 6.12. The van der Waals surface area contributed by atoms with E-state index >= 15 is 0 Å². The molecular weight excluding hydrogens is 472 g/mol. The molecule has 0 bridgehead atoms. The summed E-state index contributed by atoms with van der Waals surface area (Å²) < 4.78 is 37.4. The molecule has 0 saturated heterocycles. The maximum atomic E-state index is 12.9. The number of anilines is 1. The molecular formula is C26H29F2N3O5. The molecule has 4 rings (SSSR count). The highest BCUT2D eigenvalue weighted by Crippen LogP contribution is 2.41. The first-order valence-electron chi connectivity index (χ1n) is 11.7. The largest absolute Gasteiger partial charge is 0.494 e. The Balaban J connectivity index is 1.80. The second-order valence-corrected chi connectivity index (χ2v) is 8.92. The lowest BCUT2D eigenvalue weighted by Crippen LogP contribution is -2.26. The molecule has 1 saturated carbocycles. The highest BCUT2D eigenvalue weighted by atomic mass is 19.3. The molecule has 8 nitrogen and oxygen atoms in total. The number of nitrogens with zero attached hydrogens (tertiary/aromatic N) is 2. The molecule has 1 aliphatic rings. The number of amides is 2. The minimum Gasteiger partial charge on any atom is -0.494 e. The van der Waals surface area contributed by atoms with Gasteiger partial charge in [-0.15, -0.1) is 0 Å². The molecule has 36 heavy (non-hydrogen) atoms. The van der Waals surface area contributed by atoms with Crippen LogP contribution in [-0.4, -0.2) is 53.7 Å². The lowest BCUT2D eigenvalue weighted by molar-refractivity contribution is -0.129. The number of hydrogen-bond donors (Lipinski definition) is 2. The van der Waals surface area contributed by atoms with Gasteiger partial charge in [0.2, 0.25) is 17.7 Å². The van der Waals surface area contributed by atoms with Gasteiger partial charge in [-0.05, 0) is 43.5 Å². The van der Waals surface area contributed by atoms with Gasteiger partial charge in [0.1, 0.15) is 0 Å². The number of carbonyl (C=O) groups excluding carboxylic acids is 2. The number of carbonyl (C=O) groups is 2. The predicted octanol–water partition coefficient (Wildman–Crippen LogP) is 4.76. The van der Waals surface area contributed by atoms with Crippen molar-refractivity contribution in [1.82, 2.24) is 9.47 Å². The molecule has 1 fully saturated rings. The maximum absolute atomic E-state index is 12.9. The van der Waals surface area contributed by atoms with E-state index in [9.17, 15) is 23.5 Å². The van der Waals surface area contributed by atoms with E-state index in [1.54, 1.807) is 56.0 Å². The van der Waals surface area contributed by atoms with Crippen LogP contribution in [0.1, 0.15) is 37.8 Å². The second kappa shape index (κ2) is 10.4. The van der Waals surface area contributed by atoms with Crippen LogP contribution < -0.4 is 14.8 Å². The van der Waals surface area contributed by atoms with Crippen molar-refractivity contribution in [3.63, 3.8) is 0 Å². The first-order chi connectivity index (χ1) is 17.2. The maximum Gasteiger partial charge on any atom is 0.387 e. The lowest BCUT2D eigenvalue weighted by Gasteiger charge is -2.23. The van der Waals surface area contributed by atoms with Crippen molar-refractivity contribution in [2.75, 3.05) is 26.0 Å². The van der Waals surface area contributed by atoms with Crippen molar-refractivity contribution in [2.45, 2.75) is 38.8 Å². The van der Waals surface area contributed by atoms with E-state index in [0.717, 1.165) is 12.8 Å². The number of ether oxygens (including phenoxy) is 2. The molecule has 1 unspecified atom stereocenters. The molecule has 2 N–H and O–H groups in total. The van der Waals surface area contributed by atoms with E-state index in [2.05, 4.69) is 10.1 Å². The highest BCUT2D eigenvalue weighted by Gasteiger charge is 2.31. The summed E-state index contributed by atoms with van der Waals surface area (Å²) in [6, 6.07) is 9.06. The van der Waals surface area contributed by atoms with E-state index in [1.165, 1.54) is 17.0 Å². The van der Waals surface area contributed by atoms with Crippen LogP contribution in [0.5, 0.6) is 17.4 Å². The molecule has 1 atom stereocenters. The van der Waals surface area contributed by atoms with Gasteiger partial charge in [-0.3, -0.25) is 9.59 Å². The first kappa shape index (κ1) is 25.3. The van der Waals surface area contributed by atoms with Gasteiger partial charge < -0.3 is 29.4 Å². The molecule has 1 aliphatic carbocycles. The number of halogens is 2. The van der Waals surface area contributed by atoms with Crippen molar-refractivity contribution in [1.29, 1.82) is 0 Å². The quantitative estimate of drug-likeness (QED) is 0.418. The van der Waals surface area contributed by atoms with Gasteiger partial charge in [0.05, 0.1) is 30.1 Å². The van der Waals surface area contributed by atoms with Crippen LogP contribution >= 0.6 is 0 Å². The molecule has 0 radical (unpaired) electrons. The van der Waals surface area contributed by atoms with Crippen LogP contribution in [0, 0.1) is 5.92 Å². The molecule has 10 heteroatoms. The van der Waals surface area contributed by atoms with E-state index in [-0.39, 0.29) is 48.1 Å². The van der Waals surface area contributed by atoms with Crippen LogP contribution in [0.2, 0.25) is 0 Å². The first-order valence-corrected chi connectivity index (χ1v) is 11.7. The number of fused-ring (bicyclic) bond motifs is 1. The van der Waals surface area contributed by atoms with Crippen LogP contribution in [0.3, 0.4) is 0 Å². The van der Waals surface area contributed by atoms with E-state index < -0.39 is 12.7 Å². The third-order valence-corrected chi connectivity index (χ3v) is 6.12. The Morgan fingerprint density at radius 1 is 1.19 bits per heavy atom. The van der Waals surface area contributed by atoms with Crippen LogP contribution in [0.4, 0.5) is 14.5 Å². The number of hydrogen-bond acceptors (Lipinski definition) is 5. The number of rotatable bonds is 10. The summed E-state index contributed by atoms with van der Waals surface area (Å²) in [5, 5.41) is 15.3. The van der Waals surface area contributed by atoms with Gasteiger partial charge >= 0.3 is 6.61 Å². The fraction of sp³-hybridized carbons (Fsp3) is 0.385. The van der Waals surface area contributed by atoms with Crippen LogP contribution in [-0.2, 0) is 9.59 Å². The van der Waals surface area contributed by atoms with Crippen molar-refractivity contribution >= 4 is 28.3 Å². The summed E-state index contributed by atoms with van der Waals surface area (Å²) >= 11 is 0. The topological polar surface area (TPSA) is 93.0 Å². The monoisotopic (exact) mass is 501 g/mol. The van der Waals surface area contributed by atoms with Gasteiger partial charge in [0.25, 0.3) is 0 Å². The zero-order valence-corrected chi connectivity index (χ0v) is 20.3. The Bertz CT molecular complexity index is 1270. The highest BCUT2D eigenvalue weighted by molar-refractivity contribution is 6.06. The molecule has 0 spiro atoms. The van der Waals surface area contributed by atoms with Crippen LogP contribution in [0.15, 0.2) is 42.6 Å². The van der Waals surface area contributed by atoms with Gasteiger partial charge in [0.15, 0.2) is 11.5 Å². The lowest BCUT2D eigenvalue weighted by atomic mass is 10.0. The molecule has 2 aromatic carbocycles. The summed E-state index contributed by atoms with van der Waals surface area (Å²) in [4.78, 5) is 26.6. The number of nitrogens with one attached hydrogen (secondary N) is 1. The van der Waals surface area contributed by atoms with E-state index in [4.69, 9.17) is 4.74 Å². The number of alkyl halides is 2. The van der Waals surface area contributed by atoms with E-state index in [1.807, 2.05) is 0 Å². The summed E-state index contributed by atoms with van der Waals surface area (Å²) in [7, 11) is 3.25. The summed E-state index contributed by atoms with van der Waals surface area (Å²) in [6.07, 6.45) is 3.37. The van der Waals surface area contributed by atoms with Gasteiger partial charge in [-0.25, -0.2) is 0 Å². The Kier molecular flexibility index (Phi) is 7.32. The molecule has 192 valence electrons. The molecule has 3 aromatic rings. The molecule has 0 aliphatic heterocycles. The van der Waals surface area contributed by atoms with E-state index in [0.29, 0.717) is 22.0 Å². The van der Waals surface area contributed by atoms with Gasteiger partial charge in [-0.2, -0.15) is 8.78 Å². The minimum absolute atomic E-state index is 0.0131. The van der Waals surface area contributed by atoms with Crippen molar-refractivity contribution in [3.8, 4) is 17.4 Å². The zero-order valence-electron chi connectivity index (χ0n) is 20.3. The second-order valence-electron chi connectivity index (χ2n) is 8.92. The smallest absolute Gasteiger partial charge is 0.387 e. The average Bonchev–Trinajstić information content (AvgIpc) is 3.62. The number of aromatic nitrogens is 1. The molecule has 1 heterocycles. The van der Waals surface area contributed by atoms with Crippen molar-refractivity contribution < 1.29 is 33.0 Å². The normalized spacial score (nSPS) is 14.1. The number of benzene rings is 2. The molecule has 2 amide bonds. The Morgan fingerprint density at radius 3 is 2.58 bits per heavy atom.